The van der Waals surface area contributed by atoms with Gasteiger partial charge >= 0.3 is 0 Å². The lowest BCUT2D eigenvalue weighted by molar-refractivity contribution is 0.0688. The van der Waals surface area contributed by atoms with Gasteiger partial charge in [0.2, 0.25) is 0 Å². The minimum atomic E-state index is 0.0978. The zero-order chi connectivity index (χ0) is 13.2. The molecule has 1 atom stereocenters. The van der Waals surface area contributed by atoms with Crippen molar-refractivity contribution in [2.24, 2.45) is 13.0 Å². The summed E-state index contributed by atoms with van der Waals surface area (Å²) in [7, 11) is 1.88. The maximum atomic E-state index is 12.6. The molecule has 5 heteroatoms. The van der Waals surface area contributed by atoms with Crippen LogP contribution in [0.1, 0.15) is 36.3 Å². The predicted octanol–water partition coefficient (Wildman–Crippen LogP) is 1.02. The molecule has 1 saturated carbocycles. The number of carbonyl (C=O) groups excluding carboxylic acids is 1. The molecule has 1 amide bonds. The molecule has 0 radical (unpaired) electrons. The number of aromatic nitrogens is 2. The highest BCUT2D eigenvalue weighted by Crippen LogP contribution is 2.29. The molecule has 1 aromatic heterocycles. The Morgan fingerprint density at radius 3 is 2.95 bits per heavy atom. The summed E-state index contributed by atoms with van der Waals surface area (Å²) >= 11 is 0. The summed E-state index contributed by atoms with van der Waals surface area (Å²) in [5, 5.41) is 3.43. The van der Waals surface area contributed by atoms with Crippen LogP contribution in [0, 0.1) is 5.92 Å². The molecule has 1 aliphatic heterocycles. The van der Waals surface area contributed by atoms with E-state index in [0.717, 1.165) is 32.5 Å². The number of nitrogens with zero attached hydrogens (tertiary/aromatic N) is 3. The SMILES string of the molecule is Cn1ccnc1C(=O)N(CC1CCCNC1)C1CC1. The van der Waals surface area contributed by atoms with Gasteiger partial charge < -0.3 is 14.8 Å². The van der Waals surface area contributed by atoms with Gasteiger partial charge in [0.1, 0.15) is 0 Å². The molecule has 0 bridgehead atoms. The second-order valence-corrected chi connectivity index (χ2v) is 5.76. The highest BCUT2D eigenvalue weighted by atomic mass is 16.2. The van der Waals surface area contributed by atoms with Crippen molar-refractivity contribution in [2.75, 3.05) is 19.6 Å². The molecule has 1 aromatic rings. The van der Waals surface area contributed by atoms with Crippen molar-refractivity contribution in [1.82, 2.24) is 19.8 Å². The lowest BCUT2D eigenvalue weighted by Crippen LogP contribution is -2.42. The topological polar surface area (TPSA) is 50.2 Å². The van der Waals surface area contributed by atoms with Gasteiger partial charge in [-0.1, -0.05) is 0 Å². The Morgan fingerprint density at radius 2 is 2.37 bits per heavy atom. The average Bonchev–Trinajstić information content (AvgIpc) is 3.18. The standard InChI is InChI=1S/C14H22N4O/c1-17-8-7-16-13(17)14(19)18(12-4-5-12)10-11-3-2-6-15-9-11/h7-8,11-12,15H,2-6,9-10H2,1H3. The van der Waals surface area contributed by atoms with Crippen LogP contribution < -0.4 is 5.32 Å². The van der Waals surface area contributed by atoms with Gasteiger partial charge in [-0.2, -0.15) is 0 Å². The van der Waals surface area contributed by atoms with Crippen molar-refractivity contribution in [3.8, 4) is 0 Å². The van der Waals surface area contributed by atoms with Gasteiger partial charge in [-0.3, -0.25) is 4.79 Å². The molecule has 3 rings (SSSR count). The Hall–Kier alpha value is -1.36. The molecule has 2 aliphatic rings. The third-order valence-electron chi connectivity index (χ3n) is 4.11. The summed E-state index contributed by atoms with van der Waals surface area (Å²) < 4.78 is 1.82. The van der Waals surface area contributed by atoms with E-state index in [1.165, 1.54) is 12.8 Å². The van der Waals surface area contributed by atoms with Crippen LogP contribution in [0.5, 0.6) is 0 Å². The number of imidazole rings is 1. The summed E-state index contributed by atoms with van der Waals surface area (Å²) in [5.41, 5.74) is 0. The molecule has 1 aliphatic carbocycles. The summed E-state index contributed by atoms with van der Waals surface area (Å²) in [4.78, 5) is 18.9. The van der Waals surface area contributed by atoms with Gasteiger partial charge in [0.15, 0.2) is 5.82 Å². The largest absolute Gasteiger partial charge is 0.333 e. The smallest absolute Gasteiger partial charge is 0.290 e. The van der Waals surface area contributed by atoms with Gasteiger partial charge in [0, 0.05) is 32.0 Å². The molecule has 1 N–H and O–H groups in total. The molecule has 5 nitrogen and oxygen atoms in total. The number of hydrogen-bond acceptors (Lipinski definition) is 3. The molecule has 19 heavy (non-hydrogen) atoms. The van der Waals surface area contributed by atoms with Crippen molar-refractivity contribution in [3.63, 3.8) is 0 Å². The Labute approximate surface area is 114 Å². The Morgan fingerprint density at radius 1 is 1.53 bits per heavy atom. The molecular weight excluding hydrogens is 240 g/mol. The van der Waals surface area contributed by atoms with Crippen LogP contribution in [0.15, 0.2) is 12.4 Å². The third-order valence-corrected chi connectivity index (χ3v) is 4.11. The number of nitrogens with one attached hydrogen (secondary N) is 1. The monoisotopic (exact) mass is 262 g/mol. The lowest BCUT2D eigenvalue weighted by Gasteiger charge is -2.30. The molecule has 0 aromatic carbocycles. The van der Waals surface area contributed by atoms with E-state index in [1.54, 1.807) is 6.20 Å². The molecule has 1 saturated heterocycles. The van der Waals surface area contributed by atoms with Crippen LogP contribution in [-0.4, -0.2) is 46.0 Å². The van der Waals surface area contributed by atoms with Crippen molar-refractivity contribution >= 4 is 5.91 Å². The van der Waals surface area contributed by atoms with Crippen LogP contribution in [0.3, 0.4) is 0 Å². The van der Waals surface area contributed by atoms with Gasteiger partial charge in [-0.05, 0) is 44.7 Å². The van der Waals surface area contributed by atoms with E-state index in [9.17, 15) is 4.79 Å². The first-order valence-corrected chi connectivity index (χ1v) is 7.24. The molecular formula is C14H22N4O. The van der Waals surface area contributed by atoms with E-state index in [4.69, 9.17) is 0 Å². The summed E-state index contributed by atoms with van der Waals surface area (Å²) in [5.74, 6) is 1.26. The zero-order valence-corrected chi connectivity index (χ0v) is 11.5. The Bertz CT molecular complexity index is 446. The fraction of sp³-hybridized carbons (Fsp3) is 0.714. The van der Waals surface area contributed by atoms with Crippen LogP contribution in [-0.2, 0) is 7.05 Å². The van der Waals surface area contributed by atoms with E-state index < -0.39 is 0 Å². The normalized spacial score (nSPS) is 23.3. The molecule has 1 unspecified atom stereocenters. The van der Waals surface area contributed by atoms with Crippen molar-refractivity contribution < 1.29 is 4.79 Å². The van der Waals surface area contributed by atoms with Crippen molar-refractivity contribution in [2.45, 2.75) is 31.7 Å². The first-order valence-electron chi connectivity index (χ1n) is 7.24. The van der Waals surface area contributed by atoms with Crippen molar-refractivity contribution in [3.05, 3.63) is 18.2 Å². The maximum Gasteiger partial charge on any atom is 0.290 e. The number of aryl methyl sites for hydroxylation is 1. The average molecular weight is 262 g/mol. The Kier molecular flexibility index (Phi) is 3.55. The highest BCUT2D eigenvalue weighted by molar-refractivity contribution is 5.91. The van der Waals surface area contributed by atoms with Gasteiger partial charge in [0.05, 0.1) is 0 Å². The fourth-order valence-corrected chi connectivity index (χ4v) is 2.84. The molecule has 104 valence electrons. The molecule has 2 fully saturated rings. The summed E-state index contributed by atoms with van der Waals surface area (Å²) in [6, 6.07) is 0.450. The predicted molar refractivity (Wildman–Crippen MR) is 72.9 cm³/mol. The van der Waals surface area contributed by atoms with E-state index in [0.29, 0.717) is 17.8 Å². The van der Waals surface area contributed by atoms with Gasteiger partial charge in [-0.25, -0.2) is 4.98 Å². The van der Waals surface area contributed by atoms with Crippen LogP contribution in [0.2, 0.25) is 0 Å². The molecule has 0 spiro atoms. The molecule has 2 heterocycles. The minimum Gasteiger partial charge on any atom is -0.333 e. The van der Waals surface area contributed by atoms with E-state index in [-0.39, 0.29) is 5.91 Å². The van der Waals surface area contributed by atoms with Gasteiger partial charge in [-0.15, -0.1) is 0 Å². The van der Waals surface area contributed by atoms with Gasteiger partial charge in [0.25, 0.3) is 5.91 Å². The van der Waals surface area contributed by atoms with Crippen LogP contribution in [0.4, 0.5) is 0 Å². The van der Waals surface area contributed by atoms with E-state index in [2.05, 4.69) is 15.2 Å². The first kappa shape index (κ1) is 12.7. The number of rotatable bonds is 4. The lowest BCUT2D eigenvalue weighted by atomic mass is 9.99. The van der Waals surface area contributed by atoms with E-state index >= 15 is 0 Å². The van der Waals surface area contributed by atoms with Crippen LogP contribution >= 0.6 is 0 Å². The fourth-order valence-electron chi connectivity index (χ4n) is 2.84. The maximum absolute atomic E-state index is 12.6. The second kappa shape index (κ2) is 5.33. The first-order chi connectivity index (χ1) is 9.25. The summed E-state index contributed by atoms with van der Waals surface area (Å²) in [6.07, 6.45) is 8.28. The minimum absolute atomic E-state index is 0.0978. The highest BCUT2D eigenvalue weighted by Gasteiger charge is 2.35. The number of carbonyl (C=O) groups is 1. The number of hydrogen-bond donors (Lipinski definition) is 1. The Balaban J connectivity index is 1.70. The third kappa shape index (κ3) is 2.81. The zero-order valence-electron chi connectivity index (χ0n) is 11.5. The number of amides is 1. The quantitative estimate of drug-likeness (QED) is 0.881. The van der Waals surface area contributed by atoms with E-state index in [1.807, 2.05) is 17.8 Å². The number of piperidine rings is 1. The van der Waals surface area contributed by atoms with Crippen LogP contribution in [0.25, 0.3) is 0 Å². The summed E-state index contributed by atoms with van der Waals surface area (Å²) in [6.45, 7) is 3.04. The van der Waals surface area contributed by atoms with Crippen molar-refractivity contribution in [1.29, 1.82) is 0 Å². The second-order valence-electron chi connectivity index (χ2n) is 5.76.